The lowest BCUT2D eigenvalue weighted by molar-refractivity contribution is -0.116. The normalized spacial score (nSPS) is 19.9. The van der Waals surface area contributed by atoms with Gasteiger partial charge in [-0.05, 0) is 60.4 Å². The van der Waals surface area contributed by atoms with E-state index in [-0.39, 0.29) is 23.7 Å². The first-order valence-electron chi connectivity index (χ1n) is 10.5. The first-order chi connectivity index (χ1) is 15.5. The molecule has 2 atom stereocenters. The predicted molar refractivity (Wildman–Crippen MR) is 120 cm³/mol. The molecule has 1 heterocycles. The van der Waals surface area contributed by atoms with Crippen molar-refractivity contribution in [2.75, 3.05) is 17.7 Å². The third-order valence-corrected chi connectivity index (χ3v) is 6.17. The summed E-state index contributed by atoms with van der Waals surface area (Å²) in [4.78, 5) is 13.4. The molecule has 0 radical (unpaired) electrons. The van der Waals surface area contributed by atoms with Gasteiger partial charge in [0, 0.05) is 23.3 Å². The van der Waals surface area contributed by atoms with Gasteiger partial charge in [0.2, 0.25) is 0 Å². The van der Waals surface area contributed by atoms with Crippen molar-refractivity contribution in [1.29, 1.82) is 0 Å². The average Bonchev–Trinajstić information content (AvgIpc) is 2.97. The van der Waals surface area contributed by atoms with Gasteiger partial charge in [-0.25, -0.2) is 8.78 Å². The van der Waals surface area contributed by atoms with Gasteiger partial charge in [-0.3, -0.25) is 4.79 Å². The summed E-state index contributed by atoms with van der Waals surface area (Å²) < 4.78 is 34.1. The number of carbonyl (C=O) groups is 1. The lowest BCUT2D eigenvalue weighted by atomic mass is 9.78. The van der Waals surface area contributed by atoms with Gasteiger partial charge in [0.15, 0.2) is 5.78 Å². The maximum atomic E-state index is 14.8. The SMILES string of the molecule is COc1ccc([C@H]2CC(=O)C3=C(C2)Nc2ccccc2N[C@@H]3c2cc(F)ccc2F)cc1. The minimum absolute atomic E-state index is 0.0251. The highest BCUT2D eigenvalue weighted by Crippen LogP contribution is 2.44. The lowest BCUT2D eigenvalue weighted by Gasteiger charge is -2.30. The minimum atomic E-state index is -0.791. The van der Waals surface area contributed by atoms with E-state index >= 15 is 0 Å². The third kappa shape index (κ3) is 3.62. The molecule has 0 saturated heterocycles. The van der Waals surface area contributed by atoms with Crippen LogP contribution in [-0.4, -0.2) is 12.9 Å². The number of methoxy groups -OCH3 is 1. The number of hydrogen-bond donors (Lipinski definition) is 2. The Hall–Kier alpha value is -3.67. The Morgan fingerprint density at radius 3 is 2.44 bits per heavy atom. The highest BCUT2D eigenvalue weighted by atomic mass is 19.1. The molecule has 1 aliphatic carbocycles. The van der Waals surface area contributed by atoms with Crippen molar-refractivity contribution in [2.24, 2.45) is 0 Å². The summed E-state index contributed by atoms with van der Waals surface area (Å²) in [5.74, 6) is -0.463. The number of para-hydroxylation sites is 2. The van der Waals surface area contributed by atoms with Crippen LogP contribution in [0.2, 0.25) is 0 Å². The van der Waals surface area contributed by atoms with Crippen LogP contribution in [0, 0.1) is 11.6 Å². The fourth-order valence-electron chi connectivity index (χ4n) is 4.57. The zero-order valence-corrected chi connectivity index (χ0v) is 17.5. The Bertz CT molecular complexity index is 1220. The van der Waals surface area contributed by atoms with E-state index in [1.165, 1.54) is 0 Å². The van der Waals surface area contributed by atoms with Crippen LogP contribution in [0.5, 0.6) is 5.75 Å². The fourth-order valence-corrected chi connectivity index (χ4v) is 4.57. The van der Waals surface area contributed by atoms with Crippen LogP contribution in [0.25, 0.3) is 0 Å². The highest BCUT2D eigenvalue weighted by molar-refractivity contribution is 6.01. The number of Topliss-reactive ketones (excluding diaryl/α,β-unsaturated/α-hetero) is 1. The van der Waals surface area contributed by atoms with Gasteiger partial charge in [0.05, 0.1) is 24.5 Å². The molecule has 0 aromatic heterocycles. The zero-order chi connectivity index (χ0) is 22.2. The molecule has 3 aromatic carbocycles. The van der Waals surface area contributed by atoms with E-state index in [2.05, 4.69) is 10.6 Å². The molecule has 162 valence electrons. The number of fused-ring (bicyclic) bond motifs is 1. The van der Waals surface area contributed by atoms with Crippen molar-refractivity contribution in [3.05, 3.63) is 101 Å². The standard InChI is InChI=1S/C26H22F2N2O2/c1-32-18-9-6-15(7-10-18)16-12-23-25(24(31)13-16)26(19-14-17(27)8-11-20(19)28)30-22-5-3-2-4-21(22)29-23/h2-11,14,16,26,29-30H,12-13H2,1H3/t16-,26-/m1/s1. The van der Waals surface area contributed by atoms with Crippen LogP contribution in [-0.2, 0) is 4.79 Å². The van der Waals surface area contributed by atoms with Crippen molar-refractivity contribution in [2.45, 2.75) is 24.8 Å². The van der Waals surface area contributed by atoms with Crippen LogP contribution in [0.4, 0.5) is 20.2 Å². The topological polar surface area (TPSA) is 50.4 Å². The van der Waals surface area contributed by atoms with Gasteiger partial charge < -0.3 is 15.4 Å². The number of ether oxygens (including phenoxy) is 1. The minimum Gasteiger partial charge on any atom is -0.497 e. The van der Waals surface area contributed by atoms with Crippen LogP contribution in [0.3, 0.4) is 0 Å². The first kappa shape index (κ1) is 20.2. The number of carbonyl (C=O) groups excluding carboxylic acids is 1. The Kier molecular flexibility index (Phi) is 5.13. The summed E-state index contributed by atoms with van der Waals surface area (Å²) in [6.45, 7) is 0. The molecule has 0 bridgehead atoms. The van der Waals surface area contributed by atoms with Gasteiger partial charge in [-0.1, -0.05) is 24.3 Å². The van der Waals surface area contributed by atoms with E-state index in [0.717, 1.165) is 46.6 Å². The van der Waals surface area contributed by atoms with Gasteiger partial charge in [0.25, 0.3) is 0 Å². The number of hydrogen-bond acceptors (Lipinski definition) is 4. The Morgan fingerprint density at radius 1 is 0.938 bits per heavy atom. The van der Waals surface area contributed by atoms with Crippen molar-refractivity contribution in [3.63, 3.8) is 0 Å². The molecule has 6 heteroatoms. The van der Waals surface area contributed by atoms with E-state index in [1.54, 1.807) is 7.11 Å². The van der Waals surface area contributed by atoms with Crippen LogP contribution in [0.1, 0.15) is 35.9 Å². The molecule has 1 aliphatic heterocycles. The zero-order valence-electron chi connectivity index (χ0n) is 17.5. The summed E-state index contributed by atoms with van der Waals surface area (Å²) in [7, 11) is 1.61. The Labute approximate surface area is 184 Å². The van der Waals surface area contributed by atoms with Crippen LogP contribution >= 0.6 is 0 Å². The number of allylic oxidation sites excluding steroid dienone is 1. The van der Waals surface area contributed by atoms with E-state index < -0.39 is 17.7 Å². The molecule has 2 N–H and O–H groups in total. The van der Waals surface area contributed by atoms with Gasteiger partial charge in [0.1, 0.15) is 17.4 Å². The number of anilines is 2. The molecule has 32 heavy (non-hydrogen) atoms. The third-order valence-electron chi connectivity index (χ3n) is 6.17. The molecule has 0 fully saturated rings. The van der Waals surface area contributed by atoms with Gasteiger partial charge >= 0.3 is 0 Å². The van der Waals surface area contributed by atoms with E-state index in [1.807, 2.05) is 48.5 Å². The van der Waals surface area contributed by atoms with Gasteiger partial charge in [-0.15, -0.1) is 0 Å². The first-order valence-corrected chi connectivity index (χ1v) is 10.5. The van der Waals surface area contributed by atoms with E-state index in [0.29, 0.717) is 12.0 Å². The summed E-state index contributed by atoms with van der Waals surface area (Å²) in [6, 6.07) is 17.8. The number of ketones is 1. The number of rotatable bonds is 3. The number of benzene rings is 3. The maximum Gasteiger partial charge on any atom is 0.163 e. The second kappa shape index (κ2) is 8.11. The van der Waals surface area contributed by atoms with Crippen LogP contribution in [0.15, 0.2) is 78.0 Å². The monoisotopic (exact) mass is 432 g/mol. The van der Waals surface area contributed by atoms with Crippen molar-refractivity contribution < 1.29 is 18.3 Å². The number of nitrogens with one attached hydrogen (secondary N) is 2. The molecule has 0 spiro atoms. The van der Waals surface area contributed by atoms with E-state index in [4.69, 9.17) is 4.74 Å². The highest BCUT2D eigenvalue weighted by Gasteiger charge is 2.37. The number of halogens is 2. The molecule has 4 nitrogen and oxygen atoms in total. The Morgan fingerprint density at radius 2 is 1.69 bits per heavy atom. The molecule has 2 aliphatic rings. The van der Waals surface area contributed by atoms with Crippen molar-refractivity contribution in [1.82, 2.24) is 0 Å². The van der Waals surface area contributed by atoms with Gasteiger partial charge in [-0.2, -0.15) is 0 Å². The molecule has 3 aromatic rings. The quantitative estimate of drug-likeness (QED) is 0.537. The second-order valence-corrected chi connectivity index (χ2v) is 8.11. The molecule has 0 amide bonds. The van der Waals surface area contributed by atoms with E-state index in [9.17, 15) is 13.6 Å². The molecular formula is C26H22F2N2O2. The average molecular weight is 432 g/mol. The molecule has 0 saturated carbocycles. The molecule has 5 rings (SSSR count). The Balaban J connectivity index is 1.61. The molecular weight excluding hydrogens is 410 g/mol. The van der Waals surface area contributed by atoms with Crippen molar-refractivity contribution >= 4 is 17.2 Å². The smallest absolute Gasteiger partial charge is 0.163 e. The second-order valence-electron chi connectivity index (χ2n) is 8.11. The largest absolute Gasteiger partial charge is 0.497 e. The lowest BCUT2D eigenvalue weighted by Crippen LogP contribution is -2.27. The summed E-state index contributed by atoms with van der Waals surface area (Å²) in [6.07, 6.45) is 0.870. The predicted octanol–water partition coefficient (Wildman–Crippen LogP) is 5.95. The molecule has 0 unspecified atom stereocenters. The summed E-state index contributed by atoms with van der Waals surface area (Å²) >= 11 is 0. The summed E-state index contributed by atoms with van der Waals surface area (Å²) in [5, 5.41) is 6.68. The maximum absolute atomic E-state index is 14.8. The van der Waals surface area contributed by atoms with Crippen LogP contribution < -0.4 is 15.4 Å². The van der Waals surface area contributed by atoms with Crippen molar-refractivity contribution in [3.8, 4) is 5.75 Å². The fraction of sp³-hybridized carbons (Fsp3) is 0.192. The summed E-state index contributed by atoms with van der Waals surface area (Å²) in [5.41, 5.74) is 3.86.